The standard InChI is InChI=1S/C51H32ClN5/c52-43-23-11-14-26-48(43)57-46-29-27-35(51-54-49(33-15-3-1-4-16-33)53-50(55-51)34-17-5-2-6-18-34)31-41(46)37-19-7-8-20-38(37)42-32-36(28-30-47(42)57)56-44-24-12-9-21-39(44)40-22-10-13-25-45(40)56/h1-32H. The van der Waals surface area contributed by atoms with Gasteiger partial charge in [0.05, 0.1) is 33.1 Å². The monoisotopic (exact) mass is 749 g/mol. The van der Waals surface area contributed by atoms with Gasteiger partial charge in [-0.1, -0.05) is 145 Å². The highest BCUT2D eigenvalue weighted by Crippen LogP contribution is 2.53. The van der Waals surface area contributed by atoms with Crippen molar-refractivity contribution in [1.29, 1.82) is 0 Å². The highest BCUT2D eigenvalue weighted by atomic mass is 35.5. The zero-order chi connectivity index (χ0) is 37.9. The lowest BCUT2D eigenvalue weighted by Crippen LogP contribution is -2.12. The van der Waals surface area contributed by atoms with Crippen LogP contribution in [0.2, 0.25) is 5.02 Å². The summed E-state index contributed by atoms with van der Waals surface area (Å²) in [6.07, 6.45) is 0. The third-order valence-corrected chi connectivity index (χ3v) is 11.2. The first-order valence-corrected chi connectivity index (χ1v) is 19.4. The lowest BCUT2D eigenvalue weighted by molar-refractivity contribution is 1.07. The number of hydrogen-bond donors (Lipinski definition) is 0. The minimum absolute atomic E-state index is 0.600. The van der Waals surface area contributed by atoms with Gasteiger partial charge in [0.1, 0.15) is 0 Å². The Hall–Kier alpha value is -7.34. The molecule has 6 heteroatoms. The molecule has 0 atom stereocenters. The first kappa shape index (κ1) is 33.0. The van der Waals surface area contributed by atoms with E-state index in [1.54, 1.807) is 0 Å². The molecule has 0 aliphatic carbocycles. The molecule has 11 rings (SSSR count). The van der Waals surface area contributed by atoms with Gasteiger partial charge in [-0.15, -0.1) is 0 Å². The van der Waals surface area contributed by atoms with Gasteiger partial charge in [-0.25, -0.2) is 15.0 Å². The van der Waals surface area contributed by atoms with Gasteiger partial charge in [-0.05, 0) is 71.8 Å². The van der Waals surface area contributed by atoms with Crippen molar-refractivity contribution in [1.82, 2.24) is 19.5 Å². The summed E-state index contributed by atoms with van der Waals surface area (Å²) < 4.78 is 2.37. The van der Waals surface area contributed by atoms with Crippen LogP contribution in [-0.2, 0) is 0 Å². The van der Waals surface area contributed by atoms with Crippen molar-refractivity contribution in [2.24, 2.45) is 0 Å². The number of benzene rings is 8. The normalized spacial score (nSPS) is 11.9. The summed E-state index contributed by atoms with van der Waals surface area (Å²) >= 11 is 7.10. The van der Waals surface area contributed by atoms with Crippen molar-refractivity contribution in [3.8, 4) is 62.1 Å². The molecule has 0 spiro atoms. The van der Waals surface area contributed by atoms with Crippen LogP contribution >= 0.6 is 11.6 Å². The predicted molar refractivity (Wildman–Crippen MR) is 235 cm³/mol. The summed E-state index contributed by atoms with van der Waals surface area (Å²) in [6.45, 7) is 0. The lowest BCUT2D eigenvalue weighted by Gasteiger charge is -2.28. The Morgan fingerprint density at radius 2 is 0.825 bits per heavy atom. The number of fused-ring (bicyclic) bond motifs is 8. The first-order valence-electron chi connectivity index (χ1n) is 19.0. The molecule has 0 unspecified atom stereocenters. The molecule has 1 aliphatic heterocycles. The first-order chi connectivity index (χ1) is 28.2. The highest BCUT2D eigenvalue weighted by Gasteiger charge is 2.29. The summed E-state index contributed by atoms with van der Waals surface area (Å²) in [5, 5.41) is 3.11. The Labute approximate surface area is 334 Å². The quantitative estimate of drug-likeness (QED) is 0.176. The molecular formula is C51H32ClN5. The third-order valence-electron chi connectivity index (χ3n) is 10.9. The second-order valence-electron chi connectivity index (χ2n) is 14.2. The van der Waals surface area contributed by atoms with Crippen molar-refractivity contribution in [3.63, 3.8) is 0 Å². The second kappa shape index (κ2) is 13.4. The Morgan fingerprint density at radius 1 is 0.351 bits per heavy atom. The fourth-order valence-corrected chi connectivity index (χ4v) is 8.49. The van der Waals surface area contributed by atoms with Crippen molar-refractivity contribution in [3.05, 3.63) is 199 Å². The minimum atomic E-state index is 0.600. The van der Waals surface area contributed by atoms with Crippen LogP contribution in [0.15, 0.2) is 194 Å². The van der Waals surface area contributed by atoms with Gasteiger partial charge in [-0.3, -0.25) is 0 Å². The van der Waals surface area contributed by atoms with E-state index >= 15 is 0 Å². The van der Waals surface area contributed by atoms with Crippen LogP contribution in [0.4, 0.5) is 17.1 Å². The largest absolute Gasteiger partial charge is 0.309 e. The van der Waals surface area contributed by atoms with Gasteiger partial charge in [-0.2, -0.15) is 0 Å². The Bertz CT molecular complexity index is 3040. The topological polar surface area (TPSA) is 46.8 Å². The zero-order valence-electron chi connectivity index (χ0n) is 30.6. The predicted octanol–water partition coefficient (Wildman–Crippen LogP) is 13.7. The van der Waals surface area contributed by atoms with Crippen LogP contribution in [0.5, 0.6) is 0 Å². The molecular weight excluding hydrogens is 718 g/mol. The van der Waals surface area contributed by atoms with Gasteiger partial charge in [0.25, 0.3) is 0 Å². The summed E-state index contributed by atoms with van der Waals surface area (Å²) in [5.41, 5.74) is 13.4. The van der Waals surface area contributed by atoms with Crippen LogP contribution in [0.3, 0.4) is 0 Å². The molecule has 1 aliphatic rings. The van der Waals surface area contributed by atoms with Gasteiger partial charge < -0.3 is 9.47 Å². The van der Waals surface area contributed by atoms with E-state index in [9.17, 15) is 0 Å². The van der Waals surface area contributed by atoms with Gasteiger partial charge in [0, 0.05) is 44.3 Å². The maximum atomic E-state index is 7.10. The van der Waals surface area contributed by atoms with Gasteiger partial charge in [0.15, 0.2) is 17.5 Å². The van der Waals surface area contributed by atoms with Gasteiger partial charge >= 0.3 is 0 Å². The molecule has 10 aromatic rings. The van der Waals surface area contributed by atoms with E-state index in [2.05, 4.69) is 125 Å². The number of aromatic nitrogens is 4. The fraction of sp³-hybridized carbons (Fsp3) is 0. The molecule has 8 aromatic carbocycles. The van der Waals surface area contributed by atoms with Crippen molar-refractivity contribution >= 4 is 50.5 Å². The van der Waals surface area contributed by atoms with E-state index in [-0.39, 0.29) is 0 Å². The minimum Gasteiger partial charge on any atom is -0.309 e. The summed E-state index contributed by atoms with van der Waals surface area (Å²) in [6, 6.07) is 67.5. The summed E-state index contributed by atoms with van der Waals surface area (Å²) in [7, 11) is 0. The Kier molecular flexibility index (Phi) is 7.79. The van der Waals surface area contributed by atoms with Crippen molar-refractivity contribution in [2.75, 3.05) is 4.90 Å². The van der Waals surface area contributed by atoms with E-state index < -0.39 is 0 Å². The van der Waals surface area contributed by atoms with Gasteiger partial charge in [0.2, 0.25) is 0 Å². The molecule has 3 heterocycles. The molecule has 0 saturated heterocycles. The van der Waals surface area contributed by atoms with Crippen LogP contribution in [0.1, 0.15) is 0 Å². The molecule has 0 amide bonds. The van der Waals surface area contributed by atoms with Crippen LogP contribution in [0, 0.1) is 0 Å². The molecule has 5 nitrogen and oxygen atoms in total. The average molecular weight is 750 g/mol. The second-order valence-corrected chi connectivity index (χ2v) is 14.6. The molecule has 0 saturated carbocycles. The third kappa shape index (κ3) is 5.51. The summed E-state index contributed by atoms with van der Waals surface area (Å²) in [4.78, 5) is 17.4. The van der Waals surface area contributed by atoms with E-state index in [4.69, 9.17) is 26.6 Å². The zero-order valence-corrected chi connectivity index (χ0v) is 31.3. The van der Waals surface area contributed by atoms with E-state index in [0.29, 0.717) is 22.5 Å². The number of anilines is 3. The average Bonchev–Trinajstić information content (AvgIpc) is 3.56. The van der Waals surface area contributed by atoms with E-state index in [0.717, 1.165) is 61.7 Å². The molecule has 0 N–H and O–H groups in total. The number of rotatable bonds is 5. The molecule has 268 valence electrons. The molecule has 0 fully saturated rings. The van der Waals surface area contributed by atoms with Crippen molar-refractivity contribution in [2.45, 2.75) is 0 Å². The van der Waals surface area contributed by atoms with Crippen molar-refractivity contribution < 1.29 is 0 Å². The molecule has 2 aromatic heterocycles. The maximum Gasteiger partial charge on any atom is 0.164 e. The number of nitrogens with zero attached hydrogens (tertiary/aromatic N) is 5. The van der Waals surface area contributed by atoms with Crippen LogP contribution in [0.25, 0.3) is 83.9 Å². The number of hydrogen-bond acceptors (Lipinski definition) is 4. The Morgan fingerprint density at radius 3 is 1.42 bits per heavy atom. The highest BCUT2D eigenvalue weighted by molar-refractivity contribution is 6.33. The van der Waals surface area contributed by atoms with E-state index in [1.165, 1.54) is 21.8 Å². The van der Waals surface area contributed by atoms with Crippen LogP contribution in [-0.4, -0.2) is 19.5 Å². The number of para-hydroxylation sites is 3. The van der Waals surface area contributed by atoms with Crippen LogP contribution < -0.4 is 4.90 Å². The molecule has 0 radical (unpaired) electrons. The fourth-order valence-electron chi connectivity index (χ4n) is 8.27. The molecule has 0 bridgehead atoms. The number of halogens is 1. The summed E-state index contributed by atoms with van der Waals surface area (Å²) in [5.74, 6) is 1.85. The van der Waals surface area contributed by atoms with E-state index in [1.807, 2.05) is 78.9 Å². The Balaban J connectivity index is 1.16. The smallest absolute Gasteiger partial charge is 0.164 e. The maximum absolute atomic E-state index is 7.10. The SMILES string of the molecule is Clc1ccccc1N1c2ccc(-c3nc(-c4ccccc4)nc(-c4ccccc4)n3)cc2-c2ccccc2-c2cc(-n3c4ccccc4c4ccccc43)ccc21. The molecule has 57 heavy (non-hydrogen) atoms. The lowest BCUT2D eigenvalue weighted by atomic mass is 9.93.